The van der Waals surface area contributed by atoms with E-state index in [2.05, 4.69) is 20.6 Å². The standard InChI is InChI=1S/C15H16N4O2/c1-2-17-13-8-16-9-15(19-13)21-11-4-5-12-10(7-11)3-6-14(20)18-12/h4-5,7-9H,2-3,6H2,1H3,(H,17,19)(H,18,20). The minimum Gasteiger partial charge on any atom is -0.437 e. The molecule has 0 radical (unpaired) electrons. The Kier molecular flexibility index (Phi) is 3.68. The van der Waals surface area contributed by atoms with Gasteiger partial charge in [0.2, 0.25) is 11.8 Å². The van der Waals surface area contributed by atoms with Gasteiger partial charge in [0.1, 0.15) is 11.6 Å². The number of aryl methyl sites for hydroxylation is 1. The van der Waals surface area contributed by atoms with Gasteiger partial charge in [-0.3, -0.25) is 9.78 Å². The van der Waals surface area contributed by atoms with Gasteiger partial charge in [-0.15, -0.1) is 0 Å². The van der Waals surface area contributed by atoms with Gasteiger partial charge in [0.25, 0.3) is 0 Å². The van der Waals surface area contributed by atoms with E-state index < -0.39 is 0 Å². The number of aromatic nitrogens is 2. The Bertz CT molecular complexity index is 672. The largest absolute Gasteiger partial charge is 0.437 e. The number of nitrogens with zero attached hydrogens (tertiary/aromatic N) is 2. The summed E-state index contributed by atoms with van der Waals surface area (Å²) in [6.45, 7) is 2.77. The van der Waals surface area contributed by atoms with E-state index in [4.69, 9.17) is 4.74 Å². The number of ether oxygens (including phenoxy) is 1. The zero-order valence-electron chi connectivity index (χ0n) is 11.7. The van der Waals surface area contributed by atoms with Crippen LogP contribution in [0.2, 0.25) is 0 Å². The molecule has 0 saturated carbocycles. The Labute approximate surface area is 122 Å². The van der Waals surface area contributed by atoms with Gasteiger partial charge in [0.05, 0.1) is 12.4 Å². The lowest BCUT2D eigenvalue weighted by Gasteiger charge is -2.17. The molecule has 0 unspecified atom stereocenters. The number of hydrogen-bond donors (Lipinski definition) is 2. The molecular weight excluding hydrogens is 268 g/mol. The van der Waals surface area contributed by atoms with Crippen LogP contribution in [0.5, 0.6) is 11.6 Å². The van der Waals surface area contributed by atoms with Gasteiger partial charge in [-0.1, -0.05) is 0 Å². The first-order valence-corrected chi connectivity index (χ1v) is 6.91. The van der Waals surface area contributed by atoms with Crippen LogP contribution in [-0.2, 0) is 11.2 Å². The highest BCUT2D eigenvalue weighted by molar-refractivity contribution is 5.94. The van der Waals surface area contributed by atoms with Crippen molar-refractivity contribution in [3.63, 3.8) is 0 Å². The van der Waals surface area contributed by atoms with Gasteiger partial charge in [-0.05, 0) is 37.1 Å². The highest BCUT2D eigenvalue weighted by atomic mass is 16.5. The molecule has 1 aliphatic heterocycles. The van der Waals surface area contributed by atoms with Gasteiger partial charge >= 0.3 is 0 Å². The van der Waals surface area contributed by atoms with Gasteiger partial charge in [0, 0.05) is 18.7 Å². The molecule has 0 saturated heterocycles. The topological polar surface area (TPSA) is 76.1 Å². The lowest BCUT2D eigenvalue weighted by Crippen LogP contribution is -2.18. The molecule has 108 valence electrons. The average molecular weight is 284 g/mol. The molecule has 0 bridgehead atoms. The van der Waals surface area contributed by atoms with Crippen molar-refractivity contribution in [2.45, 2.75) is 19.8 Å². The molecule has 1 aliphatic rings. The maximum Gasteiger partial charge on any atom is 0.239 e. The van der Waals surface area contributed by atoms with Crippen LogP contribution in [0.3, 0.4) is 0 Å². The molecule has 0 aliphatic carbocycles. The summed E-state index contributed by atoms with van der Waals surface area (Å²) in [5, 5.41) is 5.93. The minimum atomic E-state index is 0.0559. The summed E-state index contributed by atoms with van der Waals surface area (Å²) in [5.41, 5.74) is 1.92. The Morgan fingerprint density at radius 1 is 1.33 bits per heavy atom. The Hall–Kier alpha value is -2.63. The zero-order valence-corrected chi connectivity index (χ0v) is 11.7. The number of fused-ring (bicyclic) bond motifs is 1. The molecule has 6 nitrogen and oxygen atoms in total. The zero-order chi connectivity index (χ0) is 14.7. The van der Waals surface area contributed by atoms with Crippen molar-refractivity contribution in [3.05, 3.63) is 36.2 Å². The number of amides is 1. The molecule has 0 atom stereocenters. The second kappa shape index (κ2) is 5.78. The van der Waals surface area contributed by atoms with Crippen LogP contribution in [0.15, 0.2) is 30.6 Å². The summed E-state index contributed by atoms with van der Waals surface area (Å²) in [6.07, 6.45) is 4.45. The summed E-state index contributed by atoms with van der Waals surface area (Å²) in [7, 11) is 0. The third-order valence-electron chi connectivity index (χ3n) is 3.16. The Morgan fingerprint density at radius 3 is 3.10 bits per heavy atom. The Morgan fingerprint density at radius 2 is 2.24 bits per heavy atom. The first-order chi connectivity index (χ1) is 10.2. The summed E-state index contributed by atoms with van der Waals surface area (Å²) < 4.78 is 5.73. The highest BCUT2D eigenvalue weighted by Gasteiger charge is 2.15. The molecule has 1 aromatic carbocycles. The molecule has 2 heterocycles. The minimum absolute atomic E-state index is 0.0559. The van der Waals surface area contributed by atoms with E-state index in [1.807, 2.05) is 25.1 Å². The van der Waals surface area contributed by atoms with Crippen molar-refractivity contribution in [1.29, 1.82) is 0 Å². The lowest BCUT2D eigenvalue weighted by molar-refractivity contribution is -0.116. The van der Waals surface area contributed by atoms with Crippen molar-refractivity contribution < 1.29 is 9.53 Å². The summed E-state index contributed by atoms with van der Waals surface area (Å²) in [4.78, 5) is 19.7. The molecular formula is C15H16N4O2. The number of rotatable bonds is 4. The van der Waals surface area contributed by atoms with E-state index in [0.717, 1.165) is 24.2 Å². The second-order valence-corrected chi connectivity index (χ2v) is 4.74. The van der Waals surface area contributed by atoms with Crippen LogP contribution < -0.4 is 15.4 Å². The molecule has 0 fully saturated rings. The molecule has 0 spiro atoms. The summed E-state index contributed by atoms with van der Waals surface area (Å²) in [5.74, 6) is 1.86. The van der Waals surface area contributed by atoms with E-state index in [1.54, 1.807) is 12.4 Å². The maximum absolute atomic E-state index is 11.3. The van der Waals surface area contributed by atoms with Crippen molar-refractivity contribution >= 4 is 17.4 Å². The summed E-state index contributed by atoms with van der Waals surface area (Å²) in [6, 6.07) is 5.59. The molecule has 3 rings (SSSR count). The normalized spacial score (nSPS) is 13.3. The number of anilines is 2. The second-order valence-electron chi connectivity index (χ2n) is 4.74. The van der Waals surface area contributed by atoms with Crippen LogP contribution in [0.1, 0.15) is 18.9 Å². The number of carbonyl (C=O) groups excluding carboxylic acids is 1. The highest BCUT2D eigenvalue weighted by Crippen LogP contribution is 2.29. The third-order valence-corrected chi connectivity index (χ3v) is 3.16. The molecule has 2 aromatic rings. The fourth-order valence-electron chi connectivity index (χ4n) is 2.21. The molecule has 1 aromatic heterocycles. The van der Waals surface area contributed by atoms with Crippen molar-refractivity contribution in [1.82, 2.24) is 9.97 Å². The lowest BCUT2D eigenvalue weighted by atomic mass is 10.0. The summed E-state index contributed by atoms with van der Waals surface area (Å²) >= 11 is 0. The van der Waals surface area contributed by atoms with E-state index >= 15 is 0 Å². The predicted octanol–water partition coefficient (Wildman–Crippen LogP) is 2.59. The third kappa shape index (κ3) is 3.10. The first-order valence-electron chi connectivity index (χ1n) is 6.91. The first kappa shape index (κ1) is 13.4. The molecule has 1 amide bonds. The fourth-order valence-corrected chi connectivity index (χ4v) is 2.21. The SMILES string of the molecule is CCNc1cncc(Oc2ccc3c(c2)CCC(=O)N3)n1. The van der Waals surface area contributed by atoms with Gasteiger partial charge in [0.15, 0.2) is 0 Å². The monoisotopic (exact) mass is 284 g/mol. The van der Waals surface area contributed by atoms with E-state index in [1.165, 1.54) is 0 Å². The number of hydrogen-bond acceptors (Lipinski definition) is 5. The van der Waals surface area contributed by atoms with Gasteiger partial charge in [-0.2, -0.15) is 4.98 Å². The van der Waals surface area contributed by atoms with Gasteiger partial charge in [-0.25, -0.2) is 0 Å². The van der Waals surface area contributed by atoms with E-state index in [0.29, 0.717) is 23.9 Å². The van der Waals surface area contributed by atoms with Crippen molar-refractivity contribution in [3.8, 4) is 11.6 Å². The number of carbonyl (C=O) groups is 1. The predicted molar refractivity (Wildman–Crippen MR) is 79.7 cm³/mol. The number of benzene rings is 1. The molecule has 2 N–H and O–H groups in total. The average Bonchev–Trinajstić information content (AvgIpc) is 2.48. The van der Waals surface area contributed by atoms with Gasteiger partial charge < -0.3 is 15.4 Å². The molecule has 21 heavy (non-hydrogen) atoms. The smallest absolute Gasteiger partial charge is 0.239 e. The van der Waals surface area contributed by atoms with E-state index in [9.17, 15) is 4.79 Å². The van der Waals surface area contributed by atoms with Crippen LogP contribution in [0.4, 0.5) is 11.5 Å². The maximum atomic E-state index is 11.3. The van der Waals surface area contributed by atoms with Crippen molar-refractivity contribution in [2.24, 2.45) is 0 Å². The van der Waals surface area contributed by atoms with Crippen LogP contribution in [0, 0.1) is 0 Å². The molecule has 6 heteroatoms. The van der Waals surface area contributed by atoms with Crippen LogP contribution >= 0.6 is 0 Å². The quantitative estimate of drug-likeness (QED) is 0.902. The van der Waals surface area contributed by atoms with Crippen LogP contribution in [0.25, 0.3) is 0 Å². The number of nitrogens with one attached hydrogen (secondary N) is 2. The fraction of sp³-hybridized carbons (Fsp3) is 0.267. The van der Waals surface area contributed by atoms with Crippen molar-refractivity contribution in [2.75, 3.05) is 17.2 Å². The van der Waals surface area contributed by atoms with E-state index in [-0.39, 0.29) is 5.91 Å². The van der Waals surface area contributed by atoms with Crippen LogP contribution in [-0.4, -0.2) is 22.4 Å². The Balaban J connectivity index is 1.79.